The van der Waals surface area contributed by atoms with E-state index in [1.54, 1.807) is 0 Å². The van der Waals surface area contributed by atoms with Crippen molar-refractivity contribution in [1.29, 1.82) is 0 Å². The second-order valence-electron chi connectivity index (χ2n) is 24.0. The van der Waals surface area contributed by atoms with Gasteiger partial charge in [0.05, 0.1) is 0 Å². The van der Waals surface area contributed by atoms with Gasteiger partial charge in [-0.1, -0.05) is 234 Å². The molecule has 0 aliphatic heterocycles. The van der Waals surface area contributed by atoms with Crippen molar-refractivity contribution >= 4 is 74.6 Å². The molecule has 0 atom stereocenters. The molecule has 2 aliphatic rings. The van der Waals surface area contributed by atoms with Crippen molar-refractivity contribution in [3.63, 3.8) is 0 Å². The van der Waals surface area contributed by atoms with Gasteiger partial charge in [0.1, 0.15) is 0 Å². The summed E-state index contributed by atoms with van der Waals surface area (Å²) in [5.41, 5.74) is 23.7. The van der Waals surface area contributed by atoms with Gasteiger partial charge in [0, 0.05) is 31.0 Å². The van der Waals surface area contributed by atoms with E-state index in [-0.39, 0.29) is 10.8 Å². The molecule has 0 nitrogen and oxygen atoms in total. The predicted molar refractivity (Wildman–Crippen MR) is 358 cm³/mol. The van der Waals surface area contributed by atoms with E-state index in [0.29, 0.717) is 0 Å². The standard InChI is InChI=1S/C45H32.C37H26S/c1-45(2)43-28-40(20-21-41(43)42-26-33-10-5-6-11-34(33)27-44(42)45)32-13-7-12-31(23-32)35-16-17-39-25-38(19-18-37(39)24-35)36-15-14-29-8-3-4-9-30(29)22-36;1-37(2)33-22-26(17-18-29(33)32-20-24-9-3-4-10-25(24)21-34(32)37)23-11-7-12-27(19-23)28-14-8-15-31-30-13-5-6-16-35(30)38-36(28)31/h3-28H,1-2H3;3-22H,1-2H3. The fourth-order valence-electron chi connectivity index (χ4n) is 13.9. The third-order valence-electron chi connectivity index (χ3n) is 18.4. The Kier molecular flexibility index (Phi) is 11.2. The van der Waals surface area contributed by atoms with Crippen LogP contribution in [0, 0.1) is 0 Å². The third kappa shape index (κ3) is 8.17. The molecule has 0 spiro atoms. The van der Waals surface area contributed by atoms with Crippen molar-refractivity contribution < 1.29 is 0 Å². The normalized spacial score (nSPS) is 13.5. The third-order valence-corrected chi connectivity index (χ3v) is 19.7. The van der Waals surface area contributed by atoms with E-state index in [1.807, 2.05) is 11.3 Å². The summed E-state index contributed by atoms with van der Waals surface area (Å²) in [6.07, 6.45) is 0. The second-order valence-corrected chi connectivity index (χ2v) is 25.1. The maximum absolute atomic E-state index is 2.43. The molecule has 1 heterocycles. The van der Waals surface area contributed by atoms with Crippen LogP contribution in [0.15, 0.2) is 279 Å². The summed E-state index contributed by atoms with van der Waals surface area (Å²) >= 11 is 1.89. The topological polar surface area (TPSA) is 0 Å². The average molecular weight is 1080 g/mol. The number of benzene rings is 14. The van der Waals surface area contributed by atoms with Crippen molar-refractivity contribution in [1.82, 2.24) is 0 Å². The van der Waals surface area contributed by atoms with Crippen LogP contribution >= 0.6 is 11.3 Å². The SMILES string of the molecule is CC1(C)c2cc(-c3cccc(-c4ccc5cc(-c6ccc7ccccc7c6)ccc5c4)c3)ccc2-c2cc3ccccc3cc21.CC1(C)c2cc(-c3cccc(-c4cccc5c4sc4ccccc45)c3)ccc2-c2cc3ccccc3cc21. The number of rotatable bonds is 5. The molecule has 0 bridgehead atoms. The maximum atomic E-state index is 2.43. The summed E-state index contributed by atoms with van der Waals surface area (Å²) in [7, 11) is 0. The molecule has 0 fully saturated rings. The molecule has 17 rings (SSSR count). The van der Waals surface area contributed by atoms with E-state index in [2.05, 4.69) is 307 Å². The zero-order valence-electron chi connectivity index (χ0n) is 47.0. The lowest BCUT2D eigenvalue weighted by Gasteiger charge is -2.22. The van der Waals surface area contributed by atoms with Gasteiger partial charge in [-0.2, -0.15) is 0 Å². The van der Waals surface area contributed by atoms with E-state index in [9.17, 15) is 0 Å². The zero-order chi connectivity index (χ0) is 55.6. The Bertz CT molecular complexity index is 5160. The van der Waals surface area contributed by atoms with E-state index < -0.39 is 0 Å². The fraction of sp³-hybridized carbons (Fsp3) is 0.0732. The van der Waals surface area contributed by atoms with Gasteiger partial charge in [-0.15, -0.1) is 11.3 Å². The van der Waals surface area contributed by atoms with Crippen LogP contribution in [0.4, 0.5) is 0 Å². The summed E-state index contributed by atoms with van der Waals surface area (Å²) in [6, 6.07) is 104. The van der Waals surface area contributed by atoms with Gasteiger partial charge >= 0.3 is 0 Å². The lowest BCUT2D eigenvalue weighted by Crippen LogP contribution is -2.15. The molecule has 15 aromatic rings. The summed E-state index contributed by atoms with van der Waals surface area (Å²) in [6.45, 7) is 9.48. The molecular formula is C82H58S. The minimum atomic E-state index is -0.0492. The molecule has 0 amide bonds. The zero-order valence-corrected chi connectivity index (χ0v) is 47.8. The summed E-state index contributed by atoms with van der Waals surface area (Å²) in [4.78, 5) is 0. The first-order valence-corrected chi connectivity index (χ1v) is 29.9. The van der Waals surface area contributed by atoms with Gasteiger partial charge in [0.15, 0.2) is 0 Å². The highest BCUT2D eigenvalue weighted by Crippen LogP contribution is 2.53. The van der Waals surface area contributed by atoms with Gasteiger partial charge < -0.3 is 0 Å². The van der Waals surface area contributed by atoms with Crippen molar-refractivity contribution in [2.24, 2.45) is 0 Å². The fourth-order valence-corrected chi connectivity index (χ4v) is 15.1. The molecular weight excluding hydrogens is 1020 g/mol. The van der Waals surface area contributed by atoms with Crippen molar-refractivity contribution in [3.05, 3.63) is 301 Å². The molecule has 14 aromatic carbocycles. The molecule has 0 unspecified atom stereocenters. The average Bonchev–Trinajstić information content (AvgIpc) is 2.60. The van der Waals surface area contributed by atoms with E-state index in [0.717, 1.165) is 0 Å². The Morgan fingerprint density at radius 3 is 1.10 bits per heavy atom. The quantitative estimate of drug-likeness (QED) is 0.161. The summed E-state index contributed by atoms with van der Waals surface area (Å²) in [5.74, 6) is 0. The Balaban J connectivity index is 0.000000138. The van der Waals surface area contributed by atoms with Crippen molar-refractivity contribution in [2.75, 3.05) is 0 Å². The molecule has 0 saturated heterocycles. The van der Waals surface area contributed by atoms with Crippen LogP contribution in [0.1, 0.15) is 49.9 Å². The van der Waals surface area contributed by atoms with Crippen LogP contribution in [0.25, 0.3) is 141 Å². The van der Waals surface area contributed by atoms with E-state index in [1.165, 1.54) is 163 Å². The van der Waals surface area contributed by atoms with Gasteiger partial charge in [-0.05, 0) is 216 Å². The van der Waals surface area contributed by atoms with Gasteiger partial charge in [0.25, 0.3) is 0 Å². The summed E-state index contributed by atoms with van der Waals surface area (Å²) in [5, 5.41) is 13.0. The minimum absolute atomic E-state index is 0.0367. The van der Waals surface area contributed by atoms with Crippen LogP contribution in [-0.4, -0.2) is 0 Å². The first-order valence-electron chi connectivity index (χ1n) is 29.1. The molecule has 0 radical (unpaired) electrons. The number of fused-ring (bicyclic) bond motifs is 13. The molecule has 0 saturated carbocycles. The maximum Gasteiger partial charge on any atom is 0.0433 e. The molecule has 83 heavy (non-hydrogen) atoms. The van der Waals surface area contributed by atoms with Crippen LogP contribution in [0.3, 0.4) is 0 Å². The summed E-state index contributed by atoms with van der Waals surface area (Å²) < 4.78 is 2.71. The number of hydrogen-bond acceptors (Lipinski definition) is 1. The first-order chi connectivity index (χ1) is 40.6. The molecule has 1 heteroatoms. The number of thiophene rings is 1. The first kappa shape index (κ1) is 49.2. The lowest BCUT2D eigenvalue weighted by atomic mass is 9.81. The Morgan fingerprint density at radius 2 is 0.566 bits per heavy atom. The second kappa shape index (κ2) is 19.0. The lowest BCUT2D eigenvalue weighted by molar-refractivity contribution is 0.661. The highest BCUT2D eigenvalue weighted by atomic mass is 32.1. The van der Waals surface area contributed by atoms with Crippen LogP contribution < -0.4 is 0 Å². The van der Waals surface area contributed by atoms with Gasteiger partial charge in [-0.25, -0.2) is 0 Å². The van der Waals surface area contributed by atoms with Gasteiger partial charge in [0.2, 0.25) is 0 Å². The molecule has 0 N–H and O–H groups in total. The minimum Gasteiger partial charge on any atom is -0.135 e. The van der Waals surface area contributed by atoms with Crippen LogP contribution in [0.2, 0.25) is 0 Å². The van der Waals surface area contributed by atoms with Crippen LogP contribution in [-0.2, 0) is 10.8 Å². The monoisotopic (exact) mass is 1070 g/mol. The Hall–Kier alpha value is -9.66. The highest BCUT2D eigenvalue weighted by Gasteiger charge is 2.37. The van der Waals surface area contributed by atoms with Gasteiger partial charge in [-0.3, -0.25) is 0 Å². The van der Waals surface area contributed by atoms with Crippen molar-refractivity contribution in [2.45, 2.75) is 38.5 Å². The Labute approximate surface area is 489 Å². The van der Waals surface area contributed by atoms with E-state index in [4.69, 9.17) is 0 Å². The smallest absolute Gasteiger partial charge is 0.0433 e. The van der Waals surface area contributed by atoms with E-state index >= 15 is 0 Å². The van der Waals surface area contributed by atoms with Crippen LogP contribution in [0.5, 0.6) is 0 Å². The largest absolute Gasteiger partial charge is 0.135 e. The molecule has 2 aliphatic carbocycles. The highest BCUT2D eigenvalue weighted by molar-refractivity contribution is 7.26. The Morgan fingerprint density at radius 1 is 0.217 bits per heavy atom. The predicted octanol–water partition coefficient (Wildman–Crippen LogP) is 23.3. The molecule has 392 valence electrons. The van der Waals surface area contributed by atoms with Crippen molar-refractivity contribution in [3.8, 4) is 77.9 Å². The number of hydrogen-bond donors (Lipinski definition) is 0. The molecule has 1 aromatic heterocycles.